The molecule has 0 saturated carbocycles. The first-order chi connectivity index (χ1) is 11.3. The van der Waals surface area contributed by atoms with Crippen molar-refractivity contribution in [3.05, 3.63) is 51.8 Å². The number of allylic oxidation sites excluding steroid dienone is 3. The molecule has 4 heteroatoms. The third kappa shape index (κ3) is 2.66. The highest BCUT2D eigenvalue weighted by Crippen LogP contribution is 2.41. The molecule has 1 aliphatic heterocycles. The van der Waals surface area contributed by atoms with Crippen LogP contribution < -0.4 is 4.74 Å². The molecule has 0 radical (unpaired) electrons. The monoisotopic (exact) mass is 326 g/mol. The molecule has 0 spiro atoms. The van der Waals surface area contributed by atoms with E-state index in [1.807, 2.05) is 13.0 Å². The second kappa shape index (κ2) is 5.93. The van der Waals surface area contributed by atoms with Gasteiger partial charge in [0.05, 0.1) is 5.92 Å². The van der Waals surface area contributed by atoms with Crippen LogP contribution in [0, 0.1) is 26.7 Å². The third-order valence-corrected chi connectivity index (χ3v) is 4.90. The Bertz CT molecular complexity index is 798. The molecule has 0 N–H and O–H groups in total. The molecule has 2 atom stereocenters. The first-order valence-corrected chi connectivity index (χ1v) is 8.20. The van der Waals surface area contributed by atoms with Gasteiger partial charge in [-0.25, -0.2) is 0 Å². The summed E-state index contributed by atoms with van der Waals surface area (Å²) < 4.78 is 11.3. The molecule has 0 fully saturated rings. The number of aryl methyl sites for hydroxylation is 2. The summed E-state index contributed by atoms with van der Waals surface area (Å²) in [4.78, 5) is 24.0. The minimum absolute atomic E-state index is 0.0236. The van der Waals surface area contributed by atoms with Gasteiger partial charge in [0.1, 0.15) is 17.6 Å². The van der Waals surface area contributed by atoms with Crippen molar-refractivity contribution in [1.29, 1.82) is 0 Å². The van der Waals surface area contributed by atoms with E-state index in [2.05, 4.69) is 19.9 Å². The highest BCUT2D eigenvalue weighted by Gasteiger charge is 2.37. The first-order valence-electron chi connectivity index (χ1n) is 8.20. The fourth-order valence-electron chi connectivity index (χ4n) is 3.47. The number of ketones is 1. The van der Waals surface area contributed by atoms with Crippen molar-refractivity contribution in [2.45, 2.75) is 47.1 Å². The maximum atomic E-state index is 12.9. The van der Waals surface area contributed by atoms with Crippen LogP contribution in [0.5, 0.6) is 5.75 Å². The molecule has 0 saturated heterocycles. The molecule has 0 bridgehead atoms. The van der Waals surface area contributed by atoms with Crippen LogP contribution in [0.4, 0.5) is 0 Å². The minimum Gasteiger partial charge on any atom is -0.460 e. The summed E-state index contributed by atoms with van der Waals surface area (Å²) >= 11 is 0. The van der Waals surface area contributed by atoms with E-state index in [1.54, 1.807) is 13.0 Å². The molecule has 126 valence electrons. The fraction of sp³-hybridized carbons (Fsp3) is 0.400. The predicted molar refractivity (Wildman–Crippen MR) is 90.9 cm³/mol. The Morgan fingerprint density at radius 3 is 2.62 bits per heavy atom. The van der Waals surface area contributed by atoms with Gasteiger partial charge in [-0.2, -0.15) is 0 Å². The molecule has 1 aliphatic carbocycles. The summed E-state index contributed by atoms with van der Waals surface area (Å²) in [5, 5.41) is 0. The van der Waals surface area contributed by atoms with Crippen LogP contribution in [0.15, 0.2) is 29.6 Å². The molecule has 3 rings (SSSR count). The molecule has 0 aromatic heterocycles. The standard InChI is InChI=1S/C20H22O4/c1-10-8-11(2)16-9-17-18(24-20(16)12(10)3)7-6-15(19(17)22)13(4)23-14(5)21/h6-8,13,17H,9H2,1-5H3. The number of hydrogen-bond donors (Lipinski definition) is 0. The average Bonchev–Trinajstić information content (AvgIpc) is 2.51. The lowest BCUT2D eigenvalue weighted by Gasteiger charge is -2.32. The summed E-state index contributed by atoms with van der Waals surface area (Å²) in [6.07, 6.45) is 3.62. The Hall–Kier alpha value is -2.36. The number of rotatable bonds is 2. The molecule has 1 aromatic rings. The second-order valence-electron chi connectivity index (χ2n) is 6.61. The van der Waals surface area contributed by atoms with Crippen molar-refractivity contribution in [2.75, 3.05) is 0 Å². The number of carbonyl (C=O) groups is 2. The molecule has 2 unspecified atom stereocenters. The first kappa shape index (κ1) is 16.5. The van der Waals surface area contributed by atoms with Crippen LogP contribution in [0.1, 0.15) is 36.1 Å². The number of carbonyl (C=O) groups excluding carboxylic acids is 2. The van der Waals surface area contributed by atoms with Gasteiger partial charge in [0, 0.05) is 12.5 Å². The van der Waals surface area contributed by atoms with Crippen molar-refractivity contribution in [2.24, 2.45) is 5.92 Å². The summed E-state index contributed by atoms with van der Waals surface area (Å²) in [7, 11) is 0. The van der Waals surface area contributed by atoms with Crippen LogP contribution >= 0.6 is 0 Å². The van der Waals surface area contributed by atoms with E-state index in [-0.39, 0.29) is 11.7 Å². The van der Waals surface area contributed by atoms with E-state index in [0.717, 1.165) is 22.4 Å². The van der Waals surface area contributed by atoms with Crippen molar-refractivity contribution in [3.8, 4) is 5.75 Å². The lowest BCUT2D eigenvalue weighted by Crippen LogP contribution is -2.34. The van der Waals surface area contributed by atoms with E-state index in [0.29, 0.717) is 17.8 Å². The molecule has 2 aliphatic rings. The molecular weight excluding hydrogens is 304 g/mol. The Labute approximate surface area is 142 Å². The highest BCUT2D eigenvalue weighted by molar-refractivity contribution is 6.01. The number of Topliss-reactive ketones (excluding diaryl/α,β-unsaturated/α-hetero) is 1. The van der Waals surface area contributed by atoms with Gasteiger partial charge in [-0.05, 0) is 68.5 Å². The number of ether oxygens (including phenoxy) is 2. The van der Waals surface area contributed by atoms with E-state index in [1.165, 1.54) is 12.5 Å². The van der Waals surface area contributed by atoms with Gasteiger partial charge >= 0.3 is 5.97 Å². The Morgan fingerprint density at radius 2 is 1.96 bits per heavy atom. The largest absolute Gasteiger partial charge is 0.460 e. The minimum atomic E-state index is -0.546. The smallest absolute Gasteiger partial charge is 0.303 e. The molecule has 1 heterocycles. The van der Waals surface area contributed by atoms with Gasteiger partial charge in [0.25, 0.3) is 0 Å². The van der Waals surface area contributed by atoms with E-state index in [4.69, 9.17) is 9.47 Å². The molecular formula is C20H22O4. The summed E-state index contributed by atoms with van der Waals surface area (Å²) in [6, 6.07) is 2.14. The molecule has 24 heavy (non-hydrogen) atoms. The topological polar surface area (TPSA) is 52.6 Å². The summed E-state index contributed by atoms with van der Waals surface area (Å²) in [5.41, 5.74) is 5.06. The van der Waals surface area contributed by atoms with E-state index < -0.39 is 12.1 Å². The van der Waals surface area contributed by atoms with Gasteiger partial charge in [-0.15, -0.1) is 0 Å². The van der Waals surface area contributed by atoms with Gasteiger partial charge in [-0.3, -0.25) is 9.59 Å². The van der Waals surface area contributed by atoms with Crippen LogP contribution in [0.3, 0.4) is 0 Å². The SMILES string of the molecule is CC(=O)OC(C)C1=CC=C2Oc3c(C)c(C)cc(C)c3CC2C1=O. The molecule has 1 aromatic carbocycles. The lowest BCUT2D eigenvalue weighted by atomic mass is 9.80. The zero-order valence-electron chi connectivity index (χ0n) is 14.7. The predicted octanol–water partition coefficient (Wildman–Crippen LogP) is 3.51. The lowest BCUT2D eigenvalue weighted by molar-refractivity contribution is -0.144. The zero-order chi connectivity index (χ0) is 17.6. The quantitative estimate of drug-likeness (QED) is 0.781. The summed E-state index contributed by atoms with van der Waals surface area (Å²) in [6.45, 7) is 9.23. The number of esters is 1. The van der Waals surface area contributed by atoms with Gasteiger partial charge in [0.15, 0.2) is 5.78 Å². The summed E-state index contributed by atoms with van der Waals surface area (Å²) in [5.74, 6) is 0.811. The highest BCUT2D eigenvalue weighted by atomic mass is 16.5. The third-order valence-electron chi connectivity index (χ3n) is 4.90. The number of hydrogen-bond acceptors (Lipinski definition) is 4. The van der Waals surface area contributed by atoms with Crippen molar-refractivity contribution in [3.63, 3.8) is 0 Å². The second-order valence-corrected chi connectivity index (χ2v) is 6.61. The van der Waals surface area contributed by atoms with Crippen LogP contribution in [-0.2, 0) is 20.7 Å². The van der Waals surface area contributed by atoms with E-state index >= 15 is 0 Å². The molecule has 4 nitrogen and oxygen atoms in total. The zero-order valence-corrected chi connectivity index (χ0v) is 14.7. The molecule has 0 amide bonds. The van der Waals surface area contributed by atoms with Crippen molar-refractivity contribution in [1.82, 2.24) is 0 Å². The van der Waals surface area contributed by atoms with Crippen LogP contribution in [0.25, 0.3) is 0 Å². The number of fused-ring (bicyclic) bond motifs is 2. The van der Waals surface area contributed by atoms with Crippen molar-refractivity contribution < 1.29 is 19.1 Å². The van der Waals surface area contributed by atoms with Crippen molar-refractivity contribution >= 4 is 11.8 Å². The fourth-order valence-corrected chi connectivity index (χ4v) is 3.47. The van der Waals surface area contributed by atoms with Crippen LogP contribution in [-0.4, -0.2) is 17.9 Å². The van der Waals surface area contributed by atoms with E-state index in [9.17, 15) is 9.59 Å². The average molecular weight is 326 g/mol. The van der Waals surface area contributed by atoms with Gasteiger partial charge in [0.2, 0.25) is 0 Å². The van der Waals surface area contributed by atoms with Gasteiger partial charge in [-0.1, -0.05) is 6.07 Å². The maximum absolute atomic E-state index is 12.9. The number of benzene rings is 1. The normalized spacial score (nSPS) is 20.2. The van der Waals surface area contributed by atoms with Gasteiger partial charge < -0.3 is 9.47 Å². The Morgan fingerprint density at radius 1 is 1.25 bits per heavy atom. The Balaban J connectivity index is 1.98. The maximum Gasteiger partial charge on any atom is 0.303 e. The van der Waals surface area contributed by atoms with Crippen LogP contribution in [0.2, 0.25) is 0 Å². The Kier molecular flexibility index (Phi) is 4.08.